The fourth-order valence-corrected chi connectivity index (χ4v) is 6.46. The maximum absolute atomic E-state index is 12.9. The minimum Gasteiger partial charge on any atom is -0.478 e. The van der Waals surface area contributed by atoms with Crippen LogP contribution in [0, 0.1) is 6.92 Å². The van der Waals surface area contributed by atoms with Gasteiger partial charge in [-0.05, 0) is 30.7 Å². The monoisotopic (exact) mass is 628 g/mol. The van der Waals surface area contributed by atoms with E-state index in [-0.39, 0.29) is 22.2 Å². The van der Waals surface area contributed by atoms with Gasteiger partial charge in [-0.15, -0.1) is 34.4 Å². The largest absolute Gasteiger partial charge is 0.478 e. The summed E-state index contributed by atoms with van der Waals surface area (Å²) in [6.45, 7) is 1.86. The third-order valence-electron chi connectivity index (χ3n) is 5.89. The highest BCUT2D eigenvalue weighted by Crippen LogP contribution is 2.41. The molecule has 0 bridgehead atoms. The molecule has 2 atom stereocenters. The second-order valence-corrected chi connectivity index (χ2v) is 11.4. The Morgan fingerprint density at radius 3 is 2.45 bits per heavy atom. The van der Waals surface area contributed by atoms with Crippen molar-refractivity contribution in [2.45, 2.75) is 18.3 Å². The number of oxime groups is 1. The summed E-state index contributed by atoms with van der Waals surface area (Å²) in [5, 5.41) is 25.7. The Morgan fingerprint density at radius 1 is 1.17 bits per heavy atom. The summed E-state index contributed by atoms with van der Waals surface area (Å²) in [4.78, 5) is 62.9. The molecule has 1 saturated heterocycles. The average molecular weight is 629 g/mol. The summed E-state index contributed by atoms with van der Waals surface area (Å²) in [6, 6.07) is 7.38. The number of aromatic carboxylic acids is 1. The number of nitrogens with two attached hydrogens (primary N) is 1. The van der Waals surface area contributed by atoms with Gasteiger partial charge in [0.15, 0.2) is 10.8 Å². The molecule has 4 heterocycles. The predicted octanol–water partition coefficient (Wildman–Crippen LogP) is 2.68. The number of anilines is 1. The van der Waals surface area contributed by atoms with E-state index >= 15 is 0 Å². The molecular formula is C26H24N6O7S3. The molecular weight excluding hydrogens is 605 g/mol. The molecule has 1 fully saturated rings. The Bertz CT molecular complexity index is 1600. The first-order valence-corrected chi connectivity index (χ1v) is 14.8. The number of carbonyl (C=O) groups excluding carboxylic acids is 2. The lowest BCUT2D eigenvalue weighted by Crippen LogP contribution is -2.71. The maximum atomic E-state index is 12.9. The number of carboxylic acid groups (broad SMARTS) is 2. The van der Waals surface area contributed by atoms with E-state index in [4.69, 9.17) is 15.7 Å². The van der Waals surface area contributed by atoms with Gasteiger partial charge in [0.25, 0.3) is 11.8 Å². The van der Waals surface area contributed by atoms with Crippen molar-refractivity contribution in [3.63, 3.8) is 0 Å². The van der Waals surface area contributed by atoms with Crippen LogP contribution in [0.3, 0.4) is 0 Å². The molecule has 0 unspecified atom stereocenters. The second kappa shape index (κ2) is 13.4. The molecule has 42 heavy (non-hydrogen) atoms. The molecule has 1 aromatic carbocycles. The standard InChI is InChI=1S/C19H18N6O5S3.C7H6O2/c1-8-11(33-7-21-8)4-3-9-5-31-17-13(16(27)25(17)14(9)18(28)29)23-15(26)12(24-30-2)10-6-32-19(20)22-10;8-7(9)6-4-2-1-3-5-6/h3-4,6-7,13,17H,5H2,1-2H3,(H2,20,22)(H,23,26)(H,28,29);1-5H,(H,8,9)/b4-3+,24-12+;/t13-,17-;/m1./s1. The molecule has 5 rings (SSSR count). The fourth-order valence-electron chi connectivity index (χ4n) is 3.90. The highest BCUT2D eigenvalue weighted by Gasteiger charge is 2.54. The number of thiazole rings is 2. The van der Waals surface area contributed by atoms with Crippen LogP contribution in [-0.2, 0) is 19.2 Å². The van der Waals surface area contributed by atoms with Gasteiger partial charge in [0.05, 0.1) is 16.8 Å². The number of nitrogens with one attached hydrogen (secondary N) is 1. The number of β-lactam (4-membered cyclic amide) rings is 1. The molecule has 0 spiro atoms. The van der Waals surface area contributed by atoms with Gasteiger partial charge in [-0.3, -0.25) is 14.5 Å². The molecule has 2 aliphatic heterocycles. The maximum Gasteiger partial charge on any atom is 0.352 e. The van der Waals surface area contributed by atoms with Gasteiger partial charge in [0.2, 0.25) is 0 Å². The van der Waals surface area contributed by atoms with Crippen molar-refractivity contribution in [3.05, 3.63) is 80.4 Å². The molecule has 16 heteroatoms. The third kappa shape index (κ3) is 6.67. The quantitative estimate of drug-likeness (QED) is 0.163. The Kier molecular flexibility index (Phi) is 9.72. The number of allylic oxidation sites excluding steroid dienone is 1. The number of carbonyl (C=O) groups is 4. The first kappa shape index (κ1) is 30.4. The van der Waals surface area contributed by atoms with Gasteiger partial charge in [-0.2, -0.15) is 0 Å². The van der Waals surface area contributed by atoms with Gasteiger partial charge in [0, 0.05) is 16.0 Å². The van der Waals surface area contributed by atoms with Crippen LogP contribution >= 0.6 is 34.4 Å². The number of rotatable bonds is 8. The molecule has 5 N–H and O–H groups in total. The average Bonchev–Trinajstić information content (AvgIpc) is 3.60. The van der Waals surface area contributed by atoms with Crippen LogP contribution in [0.15, 0.2) is 63.7 Å². The van der Waals surface area contributed by atoms with E-state index in [2.05, 4.69) is 20.4 Å². The van der Waals surface area contributed by atoms with E-state index in [0.29, 0.717) is 16.9 Å². The number of carboxylic acids is 2. The van der Waals surface area contributed by atoms with E-state index in [0.717, 1.165) is 21.9 Å². The van der Waals surface area contributed by atoms with Crippen LogP contribution in [0.1, 0.15) is 26.6 Å². The van der Waals surface area contributed by atoms with Crippen LogP contribution < -0.4 is 11.1 Å². The number of fused-ring (bicyclic) bond motifs is 1. The Hall–Kier alpha value is -4.54. The summed E-state index contributed by atoms with van der Waals surface area (Å²) in [5.41, 5.74) is 9.01. The highest BCUT2D eigenvalue weighted by molar-refractivity contribution is 8.00. The van der Waals surface area contributed by atoms with E-state index < -0.39 is 35.2 Å². The fraction of sp³-hybridized carbons (Fsp3) is 0.192. The molecule has 0 saturated carbocycles. The van der Waals surface area contributed by atoms with Crippen LogP contribution in [0.5, 0.6) is 0 Å². The molecule has 0 aliphatic carbocycles. The van der Waals surface area contributed by atoms with Gasteiger partial charge in [-0.1, -0.05) is 29.4 Å². The Morgan fingerprint density at radius 2 is 1.90 bits per heavy atom. The lowest BCUT2D eigenvalue weighted by Gasteiger charge is -2.49. The number of nitrogen functional groups attached to an aromatic ring is 1. The van der Waals surface area contributed by atoms with Crippen LogP contribution in [0.4, 0.5) is 5.13 Å². The van der Waals surface area contributed by atoms with Crippen molar-refractivity contribution in [1.29, 1.82) is 0 Å². The Labute approximate surface area is 251 Å². The normalized spacial score (nSPS) is 18.1. The molecule has 218 valence electrons. The van der Waals surface area contributed by atoms with Gasteiger partial charge < -0.3 is 26.1 Å². The third-order valence-corrected chi connectivity index (χ3v) is 8.76. The SMILES string of the molecule is CO/N=C(/C(=O)N[C@@H]1C(=O)N2C(C(=O)O)=C(/C=C/c3scnc3C)CS[C@H]12)c1csc(N)n1.O=C(O)c1ccccc1. The number of nitrogens with zero attached hydrogens (tertiary/aromatic N) is 4. The zero-order chi connectivity index (χ0) is 30.4. The number of hydrogen-bond acceptors (Lipinski definition) is 12. The van der Waals surface area contributed by atoms with Crippen molar-refractivity contribution in [2.75, 3.05) is 18.6 Å². The van der Waals surface area contributed by atoms with E-state index in [1.807, 2.05) is 6.92 Å². The predicted molar refractivity (Wildman–Crippen MR) is 159 cm³/mol. The zero-order valence-electron chi connectivity index (χ0n) is 22.1. The first-order chi connectivity index (χ1) is 20.1. The lowest BCUT2D eigenvalue weighted by molar-refractivity contribution is -0.150. The van der Waals surface area contributed by atoms with Gasteiger partial charge in [-0.25, -0.2) is 19.6 Å². The van der Waals surface area contributed by atoms with E-state index in [1.54, 1.807) is 53.4 Å². The molecule has 3 aromatic rings. The van der Waals surface area contributed by atoms with Crippen molar-refractivity contribution < 1.29 is 34.2 Å². The number of aromatic nitrogens is 2. The lowest BCUT2D eigenvalue weighted by atomic mass is 10.0. The van der Waals surface area contributed by atoms with Crippen LogP contribution in [-0.4, -0.2) is 78.8 Å². The molecule has 2 aromatic heterocycles. The van der Waals surface area contributed by atoms with Crippen LogP contribution in [0.25, 0.3) is 6.08 Å². The smallest absolute Gasteiger partial charge is 0.352 e. The Balaban J connectivity index is 0.000000385. The topological polar surface area (TPSA) is 197 Å². The first-order valence-electron chi connectivity index (χ1n) is 12.0. The minimum atomic E-state index is -1.21. The van der Waals surface area contributed by atoms with Gasteiger partial charge in [0.1, 0.15) is 29.9 Å². The van der Waals surface area contributed by atoms with E-state index in [9.17, 15) is 24.3 Å². The number of benzene rings is 1. The number of thioether (sulfide) groups is 1. The summed E-state index contributed by atoms with van der Waals surface area (Å²) >= 11 is 3.94. The number of aliphatic carboxylic acids is 1. The minimum absolute atomic E-state index is 0.0919. The number of hydrogen-bond donors (Lipinski definition) is 4. The molecule has 2 amide bonds. The van der Waals surface area contributed by atoms with Crippen molar-refractivity contribution in [3.8, 4) is 0 Å². The zero-order valence-corrected chi connectivity index (χ0v) is 24.5. The molecule has 13 nitrogen and oxygen atoms in total. The summed E-state index contributed by atoms with van der Waals surface area (Å²) in [5.74, 6) is -2.92. The summed E-state index contributed by atoms with van der Waals surface area (Å²) in [7, 11) is 1.28. The second-order valence-electron chi connectivity index (χ2n) is 8.54. The number of aryl methyl sites for hydroxylation is 1. The number of amides is 2. The summed E-state index contributed by atoms with van der Waals surface area (Å²) in [6.07, 6.45) is 3.49. The highest BCUT2D eigenvalue weighted by atomic mass is 32.2. The van der Waals surface area contributed by atoms with E-state index in [1.165, 1.54) is 35.1 Å². The van der Waals surface area contributed by atoms with Crippen LogP contribution in [0.2, 0.25) is 0 Å². The molecule has 0 radical (unpaired) electrons. The molecule has 2 aliphatic rings. The van der Waals surface area contributed by atoms with Crippen molar-refractivity contribution >= 4 is 75.1 Å². The van der Waals surface area contributed by atoms with Crippen molar-refractivity contribution in [2.24, 2.45) is 5.16 Å². The van der Waals surface area contributed by atoms with Gasteiger partial charge >= 0.3 is 11.9 Å². The summed E-state index contributed by atoms with van der Waals surface area (Å²) < 4.78 is 0. The van der Waals surface area contributed by atoms with Crippen molar-refractivity contribution in [1.82, 2.24) is 20.2 Å².